The zero-order valence-corrected chi connectivity index (χ0v) is 13.7. The van der Waals surface area contributed by atoms with Crippen molar-refractivity contribution in [3.63, 3.8) is 0 Å². The molecule has 0 bridgehead atoms. The van der Waals surface area contributed by atoms with Crippen LogP contribution in [-0.2, 0) is 4.79 Å². The third-order valence-electron chi connectivity index (χ3n) is 3.43. The fourth-order valence-electron chi connectivity index (χ4n) is 2.35. The Morgan fingerprint density at radius 1 is 1.32 bits per heavy atom. The van der Waals surface area contributed by atoms with Crippen molar-refractivity contribution in [2.75, 3.05) is 25.0 Å². The number of nitrogens with one attached hydrogen (secondary N) is 3. The Hall–Kier alpha value is -1.79. The largest absolute Gasteiger partial charge is 0.338 e. The number of rotatable bonds is 3. The first kappa shape index (κ1) is 18.3. The van der Waals surface area contributed by atoms with Gasteiger partial charge in [-0.15, -0.1) is 12.4 Å². The third kappa shape index (κ3) is 5.20. The number of anilines is 1. The highest BCUT2D eigenvalue weighted by Crippen LogP contribution is 2.05. The van der Waals surface area contributed by atoms with Crippen LogP contribution in [0.3, 0.4) is 0 Å². The molecule has 6 nitrogen and oxygen atoms in total. The SMILES string of the molecule is CC1CN(C(=O)C(C)NC(=O)Nc2ccccc2)CCN1.Cl. The summed E-state index contributed by atoms with van der Waals surface area (Å²) in [6, 6.07) is 8.52. The predicted molar refractivity (Wildman–Crippen MR) is 89.4 cm³/mol. The molecule has 3 amide bonds. The van der Waals surface area contributed by atoms with Gasteiger partial charge < -0.3 is 20.9 Å². The van der Waals surface area contributed by atoms with Crippen molar-refractivity contribution in [3.8, 4) is 0 Å². The van der Waals surface area contributed by atoms with Gasteiger partial charge in [-0.05, 0) is 26.0 Å². The molecule has 0 radical (unpaired) electrons. The Morgan fingerprint density at radius 2 is 2.00 bits per heavy atom. The molecule has 22 heavy (non-hydrogen) atoms. The molecule has 122 valence electrons. The molecule has 1 aliphatic rings. The number of nitrogens with zero attached hydrogens (tertiary/aromatic N) is 1. The van der Waals surface area contributed by atoms with E-state index in [4.69, 9.17) is 0 Å². The number of carbonyl (C=O) groups is 2. The van der Waals surface area contributed by atoms with Crippen molar-refractivity contribution in [1.29, 1.82) is 0 Å². The van der Waals surface area contributed by atoms with Crippen molar-refractivity contribution in [1.82, 2.24) is 15.5 Å². The molecule has 1 saturated heterocycles. The normalized spacial score (nSPS) is 18.8. The van der Waals surface area contributed by atoms with Crippen molar-refractivity contribution in [2.24, 2.45) is 0 Å². The van der Waals surface area contributed by atoms with E-state index >= 15 is 0 Å². The first-order chi connectivity index (χ1) is 10.1. The maximum Gasteiger partial charge on any atom is 0.319 e. The van der Waals surface area contributed by atoms with E-state index in [9.17, 15) is 9.59 Å². The quantitative estimate of drug-likeness (QED) is 0.787. The van der Waals surface area contributed by atoms with E-state index in [-0.39, 0.29) is 30.4 Å². The number of benzene rings is 1. The summed E-state index contributed by atoms with van der Waals surface area (Å²) >= 11 is 0. The summed E-state index contributed by atoms with van der Waals surface area (Å²) in [5.41, 5.74) is 0.699. The van der Waals surface area contributed by atoms with Crippen molar-refractivity contribution < 1.29 is 9.59 Å². The lowest BCUT2D eigenvalue weighted by atomic mass is 10.2. The zero-order valence-electron chi connectivity index (χ0n) is 12.8. The number of amides is 3. The Kier molecular flexibility index (Phi) is 7.14. The smallest absolute Gasteiger partial charge is 0.319 e. The van der Waals surface area contributed by atoms with Gasteiger partial charge in [0.1, 0.15) is 6.04 Å². The summed E-state index contributed by atoms with van der Waals surface area (Å²) in [7, 11) is 0. The van der Waals surface area contributed by atoms with E-state index in [0.29, 0.717) is 18.8 Å². The monoisotopic (exact) mass is 326 g/mol. The van der Waals surface area contributed by atoms with Gasteiger partial charge in [-0.1, -0.05) is 18.2 Å². The van der Waals surface area contributed by atoms with E-state index in [0.717, 1.165) is 6.54 Å². The first-order valence-corrected chi connectivity index (χ1v) is 7.21. The average molecular weight is 327 g/mol. The highest BCUT2D eigenvalue weighted by molar-refractivity contribution is 5.93. The molecule has 0 saturated carbocycles. The third-order valence-corrected chi connectivity index (χ3v) is 3.43. The summed E-state index contributed by atoms with van der Waals surface area (Å²) in [4.78, 5) is 25.9. The number of hydrogen-bond donors (Lipinski definition) is 3. The molecule has 2 unspecified atom stereocenters. The van der Waals surface area contributed by atoms with Gasteiger partial charge in [-0.2, -0.15) is 0 Å². The van der Waals surface area contributed by atoms with Crippen LogP contribution in [0.1, 0.15) is 13.8 Å². The van der Waals surface area contributed by atoms with Crippen LogP contribution < -0.4 is 16.0 Å². The lowest BCUT2D eigenvalue weighted by Gasteiger charge is -2.33. The topological polar surface area (TPSA) is 73.5 Å². The Bertz CT molecular complexity index is 498. The average Bonchev–Trinajstić information content (AvgIpc) is 2.47. The van der Waals surface area contributed by atoms with Crippen LogP contribution in [0.4, 0.5) is 10.5 Å². The van der Waals surface area contributed by atoms with Gasteiger partial charge in [0, 0.05) is 31.4 Å². The molecule has 1 aliphatic heterocycles. The number of para-hydroxylation sites is 1. The molecular formula is C15H23ClN4O2. The Labute approximate surface area is 137 Å². The van der Waals surface area contributed by atoms with Crippen LogP contribution in [0.5, 0.6) is 0 Å². The first-order valence-electron chi connectivity index (χ1n) is 7.21. The second kappa shape index (κ2) is 8.60. The molecule has 0 aromatic heterocycles. The molecule has 0 aliphatic carbocycles. The van der Waals surface area contributed by atoms with Gasteiger partial charge in [0.15, 0.2) is 0 Å². The van der Waals surface area contributed by atoms with E-state index < -0.39 is 6.04 Å². The van der Waals surface area contributed by atoms with Crippen LogP contribution in [0.25, 0.3) is 0 Å². The summed E-state index contributed by atoms with van der Waals surface area (Å²) in [6.07, 6.45) is 0. The van der Waals surface area contributed by atoms with E-state index in [1.165, 1.54) is 0 Å². The number of carbonyl (C=O) groups excluding carboxylic acids is 2. The van der Waals surface area contributed by atoms with Crippen molar-refractivity contribution in [2.45, 2.75) is 25.9 Å². The summed E-state index contributed by atoms with van der Waals surface area (Å²) in [6.45, 7) is 5.88. The van der Waals surface area contributed by atoms with Gasteiger partial charge in [0.05, 0.1) is 0 Å². The van der Waals surface area contributed by atoms with Gasteiger partial charge in [0.25, 0.3) is 0 Å². The van der Waals surface area contributed by atoms with Crippen LogP contribution in [0, 0.1) is 0 Å². The number of urea groups is 1. The fourth-order valence-corrected chi connectivity index (χ4v) is 2.35. The maximum absolute atomic E-state index is 12.3. The number of piperazine rings is 1. The molecule has 0 spiro atoms. The second-order valence-electron chi connectivity index (χ2n) is 5.33. The molecule has 2 rings (SSSR count). The van der Waals surface area contributed by atoms with Crippen LogP contribution in [-0.4, -0.2) is 48.6 Å². The molecule has 7 heteroatoms. The van der Waals surface area contributed by atoms with Crippen LogP contribution in [0.15, 0.2) is 30.3 Å². The minimum atomic E-state index is -0.543. The van der Waals surface area contributed by atoms with Gasteiger partial charge in [-0.3, -0.25) is 4.79 Å². The highest BCUT2D eigenvalue weighted by Gasteiger charge is 2.25. The minimum Gasteiger partial charge on any atom is -0.338 e. The maximum atomic E-state index is 12.3. The molecule has 3 N–H and O–H groups in total. The van der Waals surface area contributed by atoms with E-state index in [1.54, 1.807) is 24.0 Å². The summed E-state index contributed by atoms with van der Waals surface area (Å²) in [5, 5.41) is 8.67. The molecule has 2 atom stereocenters. The van der Waals surface area contributed by atoms with E-state index in [1.807, 2.05) is 25.1 Å². The van der Waals surface area contributed by atoms with E-state index in [2.05, 4.69) is 16.0 Å². The highest BCUT2D eigenvalue weighted by atomic mass is 35.5. The lowest BCUT2D eigenvalue weighted by Crippen LogP contribution is -2.56. The molecule has 1 fully saturated rings. The minimum absolute atomic E-state index is 0. The van der Waals surface area contributed by atoms with Gasteiger partial charge in [0.2, 0.25) is 5.91 Å². The predicted octanol–water partition coefficient (Wildman–Crippen LogP) is 1.44. The fraction of sp³-hybridized carbons (Fsp3) is 0.467. The zero-order chi connectivity index (χ0) is 15.2. The Balaban J connectivity index is 0.00000242. The van der Waals surface area contributed by atoms with Crippen LogP contribution >= 0.6 is 12.4 Å². The van der Waals surface area contributed by atoms with Crippen molar-refractivity contribution in [3.05, 3.63) is 30.3 Å². The second-order valence-corrected chi connectivity index (χ2v) is 5.33. The molecule has 1 aromatic rings. The molecule has 1 heterocycles. The standard InChI is InChI=1S/C15H22N4O2.ClH/c1-11-10-19(9-8-16-11)14(20)12(2)17-15(21)18-13-6-4-3-5-7-13;/h3-7,11-12,16H,8-10H2,1-2H3,(H2,17,18,21);1H. The Morgan fingerprint density at radius 3 is 2.64 bits per heavy atom. The lowest BCUT2D eigenvalue weighted by molar-refractivity contribution is -0.133. The van der Waals surface area contributed by atoms with Crippen LogP contribution in [0.2, 0.25) is 0 Å². The van der Waals surface area contributed by atoms with Gasteiger partial charge >= 0.3 is 6.03 Å². The van der Waals surface area contributed by atoms with Crippen molar-refractivity contribution >= 4 is 30.0 Å². The number of halogens is 1. The summed E-state index contributed by atoms with van der Waals surface area (Å²) in [5.74, 6) is -0.0495. The number of hydrogen-bond acceptors (Lipinski definition) is 3. The molecule has 1 aromatic carbocycles. The van der Waals surface area contributed by atoms with Gasteiger partial charge in [-0.25, -0.2) is 4.79 Å². The summed E-state index contributed by atoms with van der Waals surface area (Å²) < 4.78 is 0. The molecular weight excluding hydrogens is 304 g/mol.